The Hall–Kier alpha value is -3.18. The monoisotopic (exact) mass is 371 g/mol. The summed E-state index contributed by atoms with van der Waals surface area (Å²) < 4.78 is 0. The van der Waals surface area contributed by atoms with Gasteiger partial charge in [0.15, 0.2) is 5.65 Å². The fourth-order valence-corrected chi connectivity index (χ4v) is 3.46. The summed E-state index contributed by atoms with van der Waals surface area (Å²) in [5.41, 5.74) is 2.47. The van der Waals surface area contributed by atoms with Crippen LogP contribution < -0.4 is 5.32 Å². The first-order valence-electron chi connectivity index (χ1n) is 8.59. The van der Waals surface area contributed by atoms with Crippen molar-refractivity contribution in [1.82, 2.24) is 9.97 Å². The van der Waals surface area contributed by atoms with Crippen LogP contribution in [0.4, 0.5) is 5.82 Å². The lowest BCUT2D eigenvalue weighted by Gasteiger charge is -2.07. The topological polar surface area (TPSA) is 54.9 Å². The SMILES string of the molecule is O=C(Nc1ccc2ccc(SCc3ccccc3)nc2n1)c1ccccc1. The van der Waals surface area contributed by atoms with Crippen molar-refractivity contribution in [2.75, 3.05) is 5.32 Å². The average molecular weight is 371 g/mol. The molecule has 0 spiro atoms. The highest BCUT2D eigenvalue weighted by atomic mass is 32.2. The first kappa shape index (κ1) is 17.2. The van der Waals surface area contributed by atoms with Crippen molar-refractivity contribution in [1.29, 1.82) is 0 Å². The van der Waals surface area contributed by atoms with Crippen LogP contribution in [0.1, 0.15) is 15.9 Å². The van der Waals surface area contributed by atoms with Gasteiger partial charge in [-0.15, -0.1) is 11.8 Å². The van der Waals surface area contributed by atoms with Crippen molar-refractivity contribution in [2.45, 2.75) is 10.8 Å². The van der Waals surface area contributed by atoms with E-state index in [1.807, 2.05) is 54.6 Å². The number of pyridine rings is 2. The first-order valence-corrected chi connectivity index (χ1v) is 9.57. The third-order valence-electron chi connectivity index (χ3n) is 4.03. The quantitative estimate of drug-likeness (QED) is 0.492. The number of aromatic nitrogens is 2. The van der Waals surface area contributed by atoms with Crippen molar-refractivity contribution < 1.29 is 4.79 Å². The Labute approximate surface area is 161 Å². The summed E-state index contributed by atoms with van der Waals surface area (Å²) in [7, 11) is 0. The lowest BCUT2D eigenvalue weighted by Crippen LogP contribution is -2.12. The van der Waals surface area contributed by atoms with E-state index in [9.17, 15) is 4.79 Å². The third kappa shape index (κ3) is 4.33. The maximum Gasteiger partial charge on any atom is 0.256 e. The summed E-state index contributed by atoms with van der Waals surface area (Å²) >= 11 is 1.67. The fraction of sp³-hybridized carbons (Fsp3) is 0.0455. The second-order valence-corrected chi connectivity index (χ2v) is 6.98. The van der Waals surface area contributed by atoms with Gasteiger partial charge in [-0.05, 0) is 42.0 Å². The van der Waals surface area contributed by atoms with Crippen LogP contribution in [0.5, 0.6) is 0 Å². The molecule has 2 aromatic carbocycles. The summed E-state index contributed by atoms with van der Waals surface area (Å²) in [5.74, 6) is 1.16. The van der Waals surface area contributed by atoms with Crippen LogP contribution in [0.3, 0.4) is 0 Å². The molecule has 0 aliphatic heterocycles. The molecule has 0 saturated heterocycles. The molecule has 4 nitrogen and oxygen atoms in total. The highest BCUT2D eigenvalue weighted by Gasteiger charge is 2.08. The summed E-state index contributed by atoms with van der Waals surface area (Å²) in [6.45, 7) is 0. The molecule has 4 rings (SSSR count). The third-order valence-corrected chi connectivity index (χ3v) is 5.03. The van der Waals surface area contributed by atoms with Crippen LogP contribution in [0.25, 0.3) is 11.0 Å². The molecule has 1 amide bonds. The van der Waals surface area contributed by atoms with Crippen molar-refractivity contribution in [3.05, 3.63) is 96.1 Å². The summed E-state index contributed by atoms with van der Waals surface area (Å²) in [6, 6.07) is 27.1. The molecule has 2 aromatic heterocycles. The normalized spacial score (nSPS) is 10.7. The van der Waals surface area contributed by atoms with Gasteiger partial charge in [0.25, 0.3) is 5.91 Å². The summed E-state index contributed by atoms with van der Waals surface area (Å²) in [6.07, 6.45) is 0. The van der Waals surface area contributed by atoms with E-state index >= 15 is 0 Å². The van der Waals surface area contributed by atoms with Crippen LogP contribution in [-0.2, 0) is 5.75 Å². The number of nitrogens with zero attached hydrogens (tertiary/aromatic N) is 2. The fourth-order valence-electron chi connectivity index (χ4n) is 2.64. The molecule has 0 fully saturated rings. The van der Waals surface area contributed by atoms with Crippen LogP contribution in [0, 0.1) is 0 Å². The second kappa shape index (κ2) is 8.01. The summed E-state index contributed by atoms with van der Waals surface area (Å²) in [4.78, 5) is 21.4. The number of thioether (sulfide) groups is 1. The Kier molecular flexibility index (Phi) is 5.12. The molecule has 0 aliphatic carbocycles. The number of amides is 1. The molecule has 2 heterocycles. The van der Waals surface area contributed by atoms with Gasteiger partial charge in [-0.2, -0.15) is 0 Å². The van der Waals surface area contributed by atoms with Gasteiger partial charge in [0.05, 0.1) is 5.03 Å². The van der Waals surface area contributed by atoms with Gasteiger partial charge >= 0.3 is 0 Å². The van der Waals surface area contributed by atoms with Crippen LogP contribution >= 0.6 is 11.8 Å². The molecule has 1 N–H and O–H groups in total. The second-order valence-electron chi connectivity index (χ2n) is 5.99. The molecule has 0 unspecified atom stereocenters. The molecular formula is C22H17N3OS. The Morgan fingerprint density at radius 1 is 0.815 bits per heavy atom. The molecule has 0 saturated carbocycles. The van der Waals surface area contributed by atoms with Gasteiger partial charge in [-0.25, -0.2) is 9.97 Å². The predicted octanol–water partition coefficient (Wildman–Crippen LogP) is 5.17. The number of hydrogen-bond acceptors (Lipinski definition) is 4. The van der Waals surface area contributed by atoms with Crippen molar-refractivity contribution >= 4 is 34.5 Å². The number of carbonyl (C=O) groups excluding carboxylic acids is 1. The number of anilines is 1. The molecule has 5 heteroatoms. The minimum atomic E-state index is -0.183. The first-order chi connectivity index (χ1) is 13.3. The Morgan fingerprint density at radius 3 is 2.30 bits per heavy atom. The number of carbonyl (C=O) groups is 1. The number of nitrogens with one attached hydrogen (secondary N) is 1. The lowest BCUT2D eigenvalue weighted by atomic mass is 10.2. The van der Waals surface area contributed by atoms with Crippen molar-refractivity contribution in [3.8, 4) is 0 Å². The van der Waals surface area contributed by atoms with Gasteiger partial charge < -0.3 is 5.32 Å². The van der Waals surface area contributed by atoms with E-state index in [-0.39, 0.29) is 5.91 Å². The van der Waals surface area contributed by atoms with E-state index in [0.717, 1.165) is 16.2 Å². The highest BCUT2D eigenvalue weighted by Crippen LogP contribution is 2.23. The number of benzene rings is 2. The Balaban J connectivity index is 1.51. The molecule has 132 valence electrons. The van der Waals surface area contributed by atoms with E-state index in [4.69, 9.17) is 0 Å². The number of hydrogen-bond donors (Lipinski definition) is 1. The maximum atomic E-state index is 12.3. The van der Waals surface area contributed by atoms with Crippen LogP contribution in [0.2, 0.25) is 0 Å². The average Bonchev–Trinajstić information content (AvgIpc) is 2.73. The number of rotatable bonds is 5. The van der Waals surface area contributed by atoms with E-state index in [0.29, 0.717) is 17.0 Å². The zero-order valence-electron chi connectivity index (χ0n) is 14.5. The van der Waals surface area contributed by atoms with Gasteiger partial charge in [0, 0.05) is 16.7 Å². The Bertz CT molecular complexity index is 1070. The zero-order valence-corrected chi connectivity index (χ0v) is 15.3. The molecule has 4 aromatic rings. The lowest BCUT2D eigenvalue weighted by molar-refractivity contribution is 0.102. The molecular weight excluding hydrogens is 354 g/mol. The number of fused-ring (bicyclic) bond motifs is 1. The van der Waals surface area contributed by atoms with E-state index in [1.165, 1.54) is 5.56 Å². The molecule has 0 radical (unpaired) electrons. The Morgan fingerprint density at radius 2 is 1.52 bits per heavy atom. The van der Waals surface area contributed by atoms with Crippen molar-refractivity contribution in [2.24, 2.45) is 0 Å². The van der Waals surface area contributed by atoms with E-state index in [1.54, 1.807) is 30.0 Å². The smallest absolute Gasteiger partial charge is 0.256 e. The molecule has 0 bridgehead atoms. The molecule has 0 atom stereocenters. The van der Waals surface area contributed by atoms with Gasteiger partial charge in [-0.3, -0.25) is 4.79 Å². The standard InChI is InChI=1S/C22H17N3OS/c26-22(18-9-5-2-6-10-18)24-19-13-11-17-12-14-20(25-21(17)23-19)27-15-16-7-3-1-4-8-16/h1-14H,15H2,(H,23,24,25,26). The van der Waals surface area contributed by atoms with Gasteiger partial charge in [0.2, 0.25) is 0 Å². The molecule has 27 heavy (non-hydrogen) atoms. The maximum absolute atomic E-state index is 12.3. The van der Waals surface area contributed by atoms with E-state index in [2.05, 4.69) is 27.4 Å². The molecule has 0 aliphatic rings. The van der Waals surface area contributed by atoms with Crippen LogP contribution in [0.15, 0.2) is 90.0 Å². The highest BCUT2D eigenvalue weighted by molar-refractivity contribution is 7.98. The van der Waals surface area contributed by atoms with Gasteiger partial charge in [-0.1, -0.05) is 48.5 Å². The van der Waals surface area contributed by atoms with Gasteiger partial charge in [0.1, 0.15) is 5.82 Å². The predicted molar refractivity (Wildman–Crippen MR) is 110 cm³/mol. The van der Waals surface area contributed by atoms with Crippen LogP contribution in [-0.4, -0.2) is 15.9 Å². The van der Waals surface area contributed by atoms with Crippen molar-refractivity contribution in [3.63, 3.8) is 0 Å². The minimum absolute atomic E-state index is 0.183. The largest absolute Gasteiger partial charge is 0.306 e. The summed E-state index contributed by atoms with van der Waals surface area (Å²) in [5, 5.41) is 4.68. The zero-order chi connectivity index (χ0) is 18.5. The van der Waals surface area contributed by atoms with E-state index < -0.39 is 0 Å². The minimum Gasteiger partial charge on any atom is -0.306 e.